The largest absolute Gasteiger partial charge is 0.428 e. The molecule has 0 bridgehead atoms. The first-order valence-electron chi connectivity index (χ1n) is 4.81. The van der Waals surface area contributed by atoms with E-state index >= 15 is 0 Å². The highest BCUT2D eigenvalue weighted by molar-refractivity contribution is 5.70. The van der Waals surface area contributed by atoms with Crippen LogP contribution in [0.4, 0.5) is 4.79 Å². The van der Waals surface area contributed by atoms with Crippen LogP contribution in [0.15, 0.2) is 0 Å². The van der Waals surface area contributed by atoms with Gasteiger partial charge in [0, 0.05) is 19.5 Å². The van der Waals surface area contributed by atoms with Crippen molar-refractivity contribution in [2.75, 3.05) is 19.9 Å². The predicted molar refractivity (Wildman–Crippen MR) is 48.5 cm³/mol. The molecule has 0 aliphatic carbocycles. The van der Waals surface area contributed by atoms with Gasteiger partial charge >= 0.3 is 12.1 Å². The molecule has 0 atom stereocenters. The monoisotopic (exact) mass is 201 g/mol. The summed E-state index contributed by atoms with van der Waals surface area (Å²) >= 11 is 0. The van der Waals surface area contributed by atoms with Crippen LogP contribution in [0, 0.1) is 0 Å². The van der Waals surface area contributed by atoms with E-state index in [4.69, 9.17) is 4.74 Å². The van der Waals surface area contributed by atoms with Gasteiger partial charge in [0.05, 0.1) is 0 Å². The average molecular weight is 201 g/mol. The number of carbonyl (C=O) groups excluding carboxylic acids is 2. The smallest absolute Gasteiger partial charge is 0.412 e. The summed E-state index contributed by atoms with van der Waals surface area (Å²) < 4.78 is 9.36. The van der Waals surface area contributed by atoms with Crippen LogP contribution < -0.4 is 0 Å². The molecule has 0 N–H and O–H groups in total. The summed E-state index contributed by atoms with van der Waals surface area (Å²) in [7, 11) is 0. The van der Waals surface area contributed by atoms with Gasteiger partial charge in [-0.1, -0.05) is 6.92 Å². The number of esters is 1. The summed E-state index contributed by atoms with van der Waals surface area (Å²) in [6, 6.07) is 0. The molecule has 1 rings (SSSR count). The molecular formula is C9H15NO4. The Morgan fingerprint density at radius 3 is 2.43 bits per heavy atom. The zero-order valence-electron chi connectivity index (χ0n) is 8.32. The maximum atomic E-state index is 11.2. The molecule has 1 amide bonds. The maximum Gasteiger partial charge on any atom is 0.412 e. The van der Waals surface area contributed by atoms with Crippen LogP contribution >= 0.6 is 0 Å². The first kappa shape index (κ1) is 10.8. The number of rotatable bonds is 3. The summed E-state index contributed by atoms with van der Waals surface area (Å²) in [6.45, 7) is 2.88. The lowest BCUT2D eigenvalue weighted by atomic mass is 10.4. The van der Waals surface area contributed by atoms with Gasteiger partial charge < -0.3 is 14.4 Å². The Morgan fingerprint density at radius 2 is 1.86 bits per heavy atom. The van der Waals surface area contributed by atoms with Gasteiger partial charge in [0.15, 0.2) is 0 Å². The van der Waals surface area contributed by atoms with E-state index in [0.717, 1.165) is 25.9 Å². The van der Waals surface area contributed by atoms with Gasteiger partial charge in [-0.05, 0) is 12.8 Å². The third kappa shape index (κ3) is 3.24. The molecule has 1 heterocycles. The van der Waals surface area contributed by atoms with Crippen molar-refractivity contribution in [2.24, 2.45) is 0 Å². The van der Waals surface area contributed by atoms with Crippen molar-refractivity contribution in [3.63, 3.8) is 0 Å². The molecule has 0 aromatic heterocycles. The first-order chi connectivity index (χ1) is 6.74. The highest BCUT2D eigenvalue weighted by Crippen LogP contribution is 2.08. The quantitative estimate of drug-likeness (QED) is 0.507. The van der Waals surface area contributed by atoms with E-state index in [1.165, 1.54) is 0 Å². The molecule has 0 aromatic carbocycles. The van der Waals surface area contributed by atoms with E-state index in [1.807, 2.05) is 0 Å². The fraction of sp³-hybridized carbons (Fsp3) is 0.778. The van der Waals surface area contributed by atoms with Gasteiger partial charge in [-0.3, -0.25) is 4.79 Å². The van der Waals surface area contributed by atoms with Crippen LogP contribution in [0.2, 0.25) is 0 Å². The summed E-state index contributed by atoms with van der Waals surface area (Å²) in [5.74, 6) is -0.362. The van der Waals surface area contributed by atoms with E-state index in [-0.39, 0.29) is 12.8 Å². The Bertz CT molecular complexity index is 211. The van der Waals surface area contributed by atoms with Crippen molar-refractivity contribution in [1.29, 1.82) is 0 Å². The average Bonchev–Trinajstić information content (AvgIpc) is 2.70. The highest BCUT2D eigenvalue weighted by Gasteiger charge is 2.19. The number of hydrogen-bond acceptors (Lipinski definition) is 4. The van der Waals surface area contributed by atoms with Crippen LogP contribution in [-0.2, 0) is 14.3 Å². The molecule has 1 aliphatic rings. The molecule has 0 saturated carbocycles. The minimum absolute atomic E-state index is 0.276. The molecule has 0 unspecified atom stereocenters. The zero-order chi connectivity index (χ0) is 10.4. The number of amides is 1. The first-order valence-corrected chi connectivity index (χ1v) is 4.81. The van der Waals surface area contributed by atoms with E-state index in [2.05, 4.69) is 4.74 Å². The SMILES string of the molecule is CCC(=O)OCOC(=O)N1CCCC1. The Labute approximate surface area is 83.0 Å². The zero-order valence-corrected chi connectivity index (χ0v) is 8.32. The van der Waals surface area contributed by atoms with Gasteiger partial charge in [0.1, 0.15) is 0 Å². The van der Waals surface area contributed by atoms with E-state index in [1.54, 1.807) is 11.8 Å². The molecule has 1 fully saturated rings. The molecule has 1 aliphatic heterocycles. The normalized spacial score (nSPS) is 15.4. The Balaban J connectivity index is 2.11. The molecule has 0 spiro atoms. The molecule has 14 heavy (non-hydrogen) atoms. The topological polar surface area (TPSA) is 55.8 Å². The minimum atomic E-state index is -0.397. The summed E-state index contributed by atoms with van der Waals surface area (Å²) in [5, 5.41) is 0. The van der Waals surface area contributed by atoms with Gasteiger partial charge in [-0.25, -0.2) is 4.79 Å². The van der Waals surface area contributed by atoms with E-state index < -0.39 is 6.09 Å². The predicted octanol–water partition coefficient (Wildman–Crippen LogP) is 1.13. The van der Waals surface area contributed by atoms with Crippen molar-refractivity contribution < 1.29 is 19.1 Å². The summed E-state index contributed by atoms with van der Waals surface area (Å²) in [6.07, 6.45) is 1.93. The minimum Gasteiger partial charge on any atom is -0.428 e. The number of ether oxygens (including phenoxy) is 2. The third-order valence-electron chi connectivity index (χ3n) is 2.06. The highest BCUT2D eigenvalue weighted by atomic mass is 16.7. The van der Waals surface area contributed by atoms with Gasteiger partial charge in [-0.15, -0.1) is 0 Å². The van der Waals surface area contributed by atoms with Crippen molar-refractivity contribution in [2.45, 2.75) is 26.2 Å². The lowest BCUT2D eigenvalue weighted by molar-refractivity contribution is -0.151. The van der Waals surface area contributed by atoms with Crippen LogP contribution in [0.25, 0.3) is 0 Å². The molecule has 5 nitrogen and oxygen atoms in total. The van der Waals surface area contributed by atoms with Gasteiger partial charge in [-0.2, -0.15) is 0 Å². The second-order valence-corrected chi connectivity index (χ2v) is 3.09. The van der Waals surface area contributed by atoms with Gasteiger partial charge in [0.2, 0.25) is 6.79 Å². The van der Waals surface area contributed by atoms with E-state index in [0.29, 0.717) is 6.42 Å². The van der Waals surface area contributed by atoms with Crippen LogP contribution in [0.5, 0.6) is 0 Å². The number of hydrogen-bond donors (Lipinski definition) is 0. The lowest BCUT2D eigenvalue weighted by Crippen LogP contribution is -2.29. The second-order valence-electron chi connectivity index (χ2n) is 3.09. The lowest BCUT2D eigenvalue weighted by Gasteiger charge is -2.14. The third-order valence-corrected chi connectivity index (χ3v) is 2.06. The summed E-state index contributed by atoms with van der Waals surface area (Å²) in [5.41, 5.74) is 0. The number of nitrogens with zero attached hydrogens (tertiary/aromatic N) is 1. The Kier molecular flexibility index (Phi) is 4.22. The van der Waals surface area contributed by atoms with Crippen LogP contribution in [-0.4, -0.2) is 36.8 Å². The number of carbonyl (C=O) groups is 2. The Hall–Kier alpha value is -1.26. The van der Waals surface area contributed by atoms with E-state index in [9.17, 15) is 9.59 Å². The second kappa shape index (κ2) is 5.47. The standard InChI is InChI=1S/C9H15NO4/c1-2-8(11)13-7-14-9(12)10-5-3-4-6-10/h2-7H2,1H3. The van der Waals surface area contributed by atoms with Crippen molar-refractivity contribution in [3.8, 4) is 0 Å². The van der Waals surface area contributed by atoms with Crippen molar-refractivity contribution in [1.82, 2.24) is 4.90 Å². The molecular weight excluding hydrogens is 186 g/mol. The van der Waals surface area contributed by atoms with Crippen LogP contribution in [0.1, 0.15) is 26.2 Å². The number of likely N-dealkylation sites (tertiary alicyclic amines) is 1. The molecule has 1 saturated heterocycles. The van der Waals surface area contributed by atoms with Gasteiger partial charge in [0.25, 0.3) is 0 Å². The van der Waals surface area contributed by atoms with Crippen molar-refractivity contribution >= 4 is 12.1 Å². The van der Waals surface area contributed by atoms with Crippen LogP contribution in [0.3, 0.4) is 0 Å². The summed E-state index contributed by atoms with van der Waals surface area (Å²) in [4.78, 5) is 23.5. The molecule has 0 radical (unpaired) electrons. The molecule has 5 heteroatoms. The molecule has 80 valence electrons. The fourth-order valence-corrected chi connectivity index (χ4v) is 1.24. The molecule has 0 aromatic rings. The maximum absolute atomic E-state index is 11.2. The van der Waals surface area contributed by atoms with Crippen molar-refractivity contribution in [3.05, 3.63) is 0 Å². The Morgan fingerprint density at radius 1 is 1.21 bits per heavy atom. The fourth-order valence-electron chi connectivity index (χ4n) is 1.24.